The summed E-state index contributed by atoms with van der Waals surface area (Å²) in [5.74, 6) is 0. The normalized spacial score (nSPS) is 13.1. The van der Waals surface area contributed by atoms with E-state index in [1.807, 2.05) is 7.05 Å². The maximum absolute atomic E-state index is 3.37. The molecule has 0 aliphatic rings. The lowest BCUT2D eigenvalue weighted by atomic mass is 10.0. The Morgan fingerprint density at radius 1 is 1.27 bits per heavy atom. The lowest BCUT2D eigenvalue weighted by Crippen LogP contribution is -2.37. The molecule has 1 unspecified atom stereocenters. The number of benzene rings is 1. The molecule has 2 heteroatoms. The fourth-order valence-electron chi connectivity index (χ4n) is 1.80. The van der Waals surface area contributed by atoms with Gasteiger partial charge in [-0.25, -0.2) is 0 Å². The molecule has 0 saturated carbocycles. The molecule has 0 bridgehead atoms. The molecule has 1 aromatic rings. The van der Waals surface area contributed by atoms with Crippen LogP contribution in [0.15, 0.2) is 24.3 Å². The van der Waals surface area contributed by atoms with Crippen molar-refractivity contribution in [3.8, 4) is 0 Å². The van der Waals surface area contributed by atoms with E-state index in [9.17, 15) is 0 Å². The van der Waals surface area contributed by atoms with Crippen LogP contribution in [0.3, 0.4) is 0 Å². The molecule has 0 aromatic heterocycles. The number of likely N-dealkylation sites (N-methyl/N-ethyl adjacent to an activating group) is 2. The Labute approximate surface area is 93.3 Å². The molecule has 1 atom stereocenters. The van der Waals surface area contributed by atoms with E-state index in [4.69, 9.17) is 0 Å². The van der Waals surface area contributed by atoms with Crippen molar-refractivity contribution in [3.63, 3.8) is 0 Å². The van der Waals surface area contributed by atoms with E-state index in [0.29, 0.717) is 6.04 Å². The van der Waals surface area contributed by atoms with Crippen LogP contribution in [0.4, 0.5) is 0 Å². The number of nitrogens with one attached hydrogen (secondary N) is 1. The van der Waals surface area contributed by atoms with Gasteiger partial charge in [-0.1, -0.05) is 24.3 Å². The van der Waals surface area contributed by atoms with E-state index in [1.165, 1.54) is 11.1 Å². The molecule has 0 heterocycles. The monoisotopic (exact) mass is 206 g/mol. The summed E-state index contributed by atoms with van der Waals surface area (Å²) in [6.45, 7) is 3.25. The molecule has 0 aliphatic heterocycles. The van der Waals surface area contributed by atoms with E-state index in [0.717, 1.165) is 13.0 Å². The topological polar surface area (TPSA) is 15.3 Å². The fraction of sp³-hybridized carbons (Fsp3) is 0.538. The first-order chi connectivity index (χ1) is 7.13. The van der Waals surface area contributed by atoms with Gasteiger partial charge in [-0.3, -0.25) is 0 Å². The van der Waals surface area contributed by atoms with E-state index >= 15 is 0 Å². The first-order valence-electron chi connectivity index (χ1n) is 5.50. The van der Waals surface area contributed by atoms with Gasteiger partial charge in [-0.05, 0) is 45.6 Å². The molecular weight excluding hydrogens is 184 g/mol. The number of hydrogen-bond acceptors (Lipinski definition) is 2. The second-order valence-electron chi connectivity index (χ2n) is 4.38. The lowest BCUT2D eigenvalue weighted by Gasteiger charge is -2.21. The Morgan fingerprint density at radius 2 is 1.93 bits per heavy atom. The summed E-state index contributed by atoms with van der Waals surface area (Å²) in [5, 5.41) is 3.37. The van der Waals surface area contributed by atoms with Crippen molar-refractivity contribution in [1.82, 2.24) is 10.2 Å². The third kappa shape index (κ3) is 4.02. The average Bonchev–Trinajstić information content (AvgIpc) is 2.19. The molecule has 15 heavy (non-hydrogen) atoms. The quantitative estimate of drug-likeness (QED) is 0.788. The number of rotatable bonds is 5. The smallest absolute Gasteiger partial charge is 0.0232 e. The van der Waals surface area contributed by atoms with Gasteiger partial charge in [0.15, 0.2) is 0 Å². The first-order valence-corrected chi connectivity index (χ1v) is 5.50. The van der Waals surface area contributed by atoms with Crippen LogP contribution in [0.1, 0.15) is 11.1 Å². The second-order valence-corrected chi connectivity index (χ2v) is 4.38. The Bertz CT molecular complexity index is 294. The van der Waals surface area contributed by atoms with E-state index in [-0.39, 0.29) is 0 Å². The van der Waals surface area contributed by atoms with Gasteiger partial charge < -0.3 is 10.2 Å². The summed E-state index contributed by atoms with van der Waals surface area (Å²) in [6.07, 6.45) is 1.10. The highest BCUT2D eigenvalue weighted by molar-refractivity contribution is 5.26. The van der Waals surface area contributed by atoms with Gasteiger partial charge in [0, 0.05) is 12.6 Å². The summed E-state index contributed by atoms with van der Waals surface area (Å²) in [7, 11) is 6.26. The van der Waals surface area contributed by atoms with Gasteiger partial charge in [0.1, 0.15) is 0 Å². The highest BCUT2D eigenvalue weighted by atomic mass is 15.1. The molecule has 0 aliphatic carbocycles. The molecule has 0 fully saturated rings. The predicted octanol–water partition coefficient (Wildman–Crippen LogP) is 1.69. The molecule has 0 radical (unpaired) electrons. The van der Waals surface area contributed by atoms with Crippen LogP contribution in [0.25, 0.3) is 0 Å². The van der Waals surface area contributed by atoms with Crippen LogP contribution in [0.2, 0.25) is 0 Å². The molecule has 1 rings (SSSR count). The van der Waals surface area contributed by atoms with E-state index in [1.54, 1.807) is 0 Å². The molecule has 2 nitrogen and oxygen atoms in total. The second kappa shape index (κ2) is 5.89. The minimum atomic E-state index is 0.529. The zero-order valence-electron chi connectivity index (χ0n) is 10.2. The summed E-state index contributed by atoms with van der Waals surface area (Å²) in [5.41, 5.74) is 2.83. The van der Waals surface area contributed by atoms with Crippen LogP contribution >= 0.6 is 0 Å². The Kier molecular flexibility index (Phi) is 4.79. The van der Waals surface area contributed by atoms with Gasteiger partial charge in [0.2, 0.25) is 0 Å². The lowest BCUT2D eigenvalue weighted by molar-refractivity contribution is 0.346. The van der Waals surface area contributed by atoms with Gasteiger partial charge in [-0.2, -0.15) is 0 Å². The minimum absolute atomic E-state index is 0.529. The van der Waals surface area contributed by atoms with Crippen molar-refractivity contribution in [2.24, 2.45) is 0 Å². The first kappa shape index (κ1) is 12.2. The number of aryl methyl sites for hydroxylation is 1. The number of hydrogen-bond donors (Lipinski definition) is 1. The zero-order chi connectivity index (χ0) is 11.3. The minimum Gasteiger partial charge on any atom is -0.315 e. The van der Waals surface area contributed by atoms with Gasteiger partial charge in [0.25, 0.3) is 0 Å². The van der Waals surface area contributed by atoms with Gasteiger partial charge >= 0.3 is 0 Å². The molecule has 0 saturated heterocycles. The molecule has 0 spiro atoms. The standard InChI is InChI=1S/C13H22N2/c1-11-7-5-6-8-12(11)9-13(14-2)10-15(3)4/h5-8,13-14H,9-10H2,1-4H3. The van der Waals surface area contributed by atoms with Gasteiger partial charge in [-0.15, -0.1) is 0 Å². The highest BCUT2D eigenvalue weighted by Gasteiger charge is 2.09. The van der Waals surface area contributed by atoms with Crippen LogP contribution < -0.4 is 5.32 Å². The van der Waals surface area contributed by atoms with Crippen LogP contribution in [-0.4, -0.2) is 38.6 Å². The SMILES string of the molecule is CNC(Cc1ccccc1C)CN(C)C. The fourth-order valence-corrected chi connectivity index (χ4v) is 1.80. The van der Waals surface area contributed by atoms with Crippen molar-refractivity contribution in [2.75, 3.05) is 27.7 Å². The molecule has 1 N–H and O–H groups in total. The maximum Gasteiger partial charge on any atom is 0.0232 e. The van der Waals surface area contributed by atoms with Crippen molar-refractivity contribution in [1.29, 1.82) is 0 Å². The summed E-state index contributed by atoms with van der Waals surface area (Å²) < 4.78 is 0. The van der Waals surface area contributed by atoms with Crippen molar-refractivity contribution in [2.45, 2.75) is 19.4 Å². The Balaban J connectivity index is 2.62. The summed E-state index contributed by atoms with van der Waals surface area (Å²) in [6, 6.07) is 9.14. The van der Waals surface area contributed by atoms with Crippen LogP contribution in [0, 0.1) is 6.92 Å². The number of nitrogens with zero attached hydrogens (tertiary/aromatic N) is 1. The summed E-state index contributed by atoms with van der Waals surface area (Å²) >= 11 is 0. The maximum atomic E-state index is 3.37. The molecule has 84 valence electrons. The Morgan fingerprint density at radius 3 is 2.47 bits per heavy atom. The van der Waals surface area contributed by atoms with Crippen molar-refractivity contribution >= 4 is 0 Å². The van der Waals surface area contributed by atoms with Crippen molar-refractivity contribution < 1.29 is 0 Å². The zero-order valence-corrected chi connectivity index (χ0v) is 10.2. The van der Waals surface area contributed by atoms with Crippen LogP contribution in [0.5, 0.6) is 0 Å². The van der Waals surface area contributed by atoms with Crippen molar-refractivity contribution in [3.05, 3.63) is 35.4 Å². The average molecular weight is 206 g/mol. The van der Waals surface area contributed by atoms with E-state index < -0.39 is 0 Å². The predicted molar refractivity (Wildman–Crippen MR) is 66.3 cm³/mol. The highest BCUT2D eigenvalue weighted by Crippen LogP contribution is 2.09. The third-order valence-corrected chi connectivity index (χ3v) is 2.72. The molecule has 1 aromatic carbocycles. The molecular formula is C13H22N2. The van der Waals surface area contributed by atoms with E-state index in [2.05, 4.69) is 55.5 Å². The Hall–Kier alpha value is -0.860. The largest absolute Gasteiger partial charge is 0.315 e. The van der Waals surface area contributed by atoms with Gasteiger partial charge in [0.05, 0.1) is 0 Å². The molecule has 0 amide bonds. The third-order valence-electron chi connectivity index (χ3n) is 2.72. The summed E-state index contributed by atoms with van der Waals surface area (Å²) in [4.78, 5) is 2.22. The van der Waals surface area contributed by atoms with Crippen LogP contribution in [-0.2, 0) is 6.42 Å².